The van der Waals surface area contributed by atoms with Crippen molar-refractivity contribution >= 4 is 5.97 Å². The number of carbonyl (C=O) groups excluding carboxylic acids is 1. The summed E-state index contributed by atoms with van der Waals surface area (Å²) in [4.78, 5) is 17.1. The summed E-state index contributed by atoms with van der Waals surface area (Å²) in [5.41, 5.74) is 2.91. The van der Waals surface area contributed by atoms with Gasteiger partial charge in [-0.1, -0.05) is 72.8 Å². The molecule has 144 valence electrons. The maximum absolute atomic E-state index is 12.2. The molecule has 0 unspecified atom stereocenters. The highest BCUT2D eigenvalue weighted by molar-refractivity contribution is 5.75. The topological polar surface area (TPSA) is 70.8 Å². The zero-order chi connectivity index (χ0) is 19.6. The first-order valence-corrected chi connectivity index (χ1v) is 9.06. The summed E-state index contributed by atoms with van der Waals surface area (Å²) in [6.45, 7) is 0.687. The summed E-state index contributed by atoms with van der Waals surface area (Å²) >= 11 is 0. The van der Waals surface area contributed by atoms with E-state index in [1.807, 2.05) is 84.9 Å². The summed E-state index contributed by atoms with van der Waals surface area (Å²) in [5.74, 6) is 5.57. The molecule has 3 aromatic rings. The number of rotatable bonds is 9. The fourth-order valence-corrected chi connectivity index (χ4v) is 2.69. The molecule has 0 bridgehead atoms. The van der Waals surface area contributed by atoms with Crippen LogP contribution in [0.5, 0.6) is 5.75 Å². The van der Waals surface area contributed by atoms with Gasteiger partial charge in [0.2, 0.25) is 0 Å². The summed E-state index contributed by atoms with van der Waals surface area (Å²) in [6.07, 6.45) is -0.539. The molecular formula is C23H23NO4. The normalized spacial score (nSPS) is 11.6. The van der Waals surface area contributed by atoms with Crippen molar-refractivity contribution in [1.82, 2.24) is 0 Å². The molecule has 0 heterocycles. The van der Waals surface area contributed by atoms with E-state index in [9.17, 15) is 4.79 Å². The van der Waals surface area contributed by atoms with Crippen LogP contribution in [0, 0.1) is 0 Å². The Morgan fingerprint density at radius 1 is 0.750 bits per heavy atom. The van der Waals surface area contributed by atoms with E-state index in [4.69, 9.17) is 20.2 Å². The standard InChI is InChI=1S/C23H23NO4/c24-28-22(23(25)27-17-20-9-5-2-6-10-20)15-18-11-13-21(14-12-18)26-16-19-7-3-1-4-8-19/h1-14,22H,15-17,24H2/t22-/m0/s1. The molecule has 0 amide bonds. The average molecular weight is 377 g/mol. The number of hydrogen-bond acceptors (Lipinski definition) is 5. The zero-order valence-electron chi connectivity index (χ0n) is 15.5. The van der Waals surface area contributed by atoms with Crippen molar-refractivity contribution in [3.8, 4) is 5.75 Å². The molecular weight excluding hydrogens is 354 g/mol. The number of carbonyl (C=O) groups is 1. The summed E-state index contributed by atoms with van der Waals surface area (Å²) < 4.78 is 11.1. The van der Waals surface area contributed by atoms with Crippen molar-refractivity contribution in [2.45, 2.75) is 25.7 Å². The van der Waals surface area contributed by atoms with E-state index in [2.05, 4.69) is 0 Å². The second-order valence-electron chi connectivity index (χ2n) is 6.34. The lowest BCUT2D eigenvalue weighted by atomic mass is 10.1. The Hall–Kier alpha value is -3.15. The van der Waals surface area contributed by atoms with E-state index in [-0.39, 0.29) is 6.61 Å². The highest BCUT2D eigenvalue weighted by Gasteiger charge is 2.21. The first kappa shape index (κ1) is 19.6. The molecule has 0 aliphatic heterocycles. The molecule has 2 N–H and O–H groups in total. The van der Waals surface area contributed by atoms with Gasteiger partial charge in [-0.2, -0.15) is 0 Å². The van der Waals surface area contributed by atoms with Crippen molar-refractivity contribution in [3.63, 3.8) is 0 Å². The minimum Gasteiger partial charge on any atom is -0.489 e. The van der Waals surface area contributed by atoms with Crippen LogP contribution in [0.2, 0.25) is 0 Å². The van der Waals surface area contributed by atoms with Gasteiger partial charge in [-0.3, -0.25) is 4.84 Å². The fraction of sp³-hybridized carbons (Fsp3) is 0.174. The third-order valence-electron chi connectivity index (χ3n) is 4.24. The second-order valence-corrected chi connectivity index (χ2v) is 6.34. The van der Waals surface area contributed by atoms with Gasteiger partial charge in [0.25, 0.3) is 0 Å². The molecule has 0 saturated heterocycles. The van der Waals surface area contributed by atoms with Crippen molar-refractivity contribution < 1.29 is 19.1 Å². The van der Waals surface area contributed by atoms with Crippen LogP contribution in [0.3, 0.4) is 0 Å². The molecule has 0 saturated carbocycles. The van der Waals surface area contributed by atoms with E-state index in [1.165, 1.54) is 0 Å². The monoisotopic (exact) mass is 377 g/mol. The predicted molar refractivity (Wildman–Crippen MR) is 106 cm³/mol. The SMILES string of the molecule is NO[C@@H](Cc1ccc(OCc2ccccc2)cc1)C(=O)OCc1ccccc1. The fourth-order valence-electron chi connectivity index (χ4n) is 2.69. The number of esters is 1. The Bertz CT molecular complexity index is 851. The summed E-state index contributed by atoms with van der Waals surface area (Å²) in [7, 11) is 0. The van der Waals surface area contributed by atoms with Gasteiger partial charge in [0, 0.05) is 6.42 Å². The first-order chi connectivity index (χ1) is 13.7. The molecule has 1 atom stereocenters. The number of hydrogen-bond donors (Lipinski definition) is 1. The number of ether oxygens (including phenoxy) is 2. The smallest absolute Gasteiger partial charge is 0.338 e. The maximum Gasteiger partial charge on any atom is 0.338 e. The lowest BCUT2D eigenvalue weighted by molar-refractivity contribution is -0.158. The Kier molecular flexibility index (Phi) is 7.18. The Morgan fingerprint density at radius 2 is 1.32 bits per heavy atom. The van der Waals surface area contributed by atoms with Crippen molar-refractivity contribution in [2.24, 2.45) is 5.90 Å². The Morgan fingerprint density at radius 3 is 1.89 bits per heavy atom. The van der Waals surface area contributed by atoms with Gasteiger partial charge in [-0.25, -0.2) is 10.7 Å². The molecule has 28 heavy (non-hydrogen) atoms. The Balaban J connectivity index is 1.50. The molecule has 5 nitrogen and oxygen atoms in total. The van der Waals surface area contributed by atoms with E-state index in [0.29, 0.717) is 13.0 Å². The van der Waals surface area contributed by atoms with Gasteiger partial charge in [0.1, 0.15) is 19.0 Å². The molecule has 0 spiro atoms. The van der Waals surface area contributed by atoms with Crippen molar-refractivity contribution in [2.75, 3.05) is 0 Å². The first-order valence-electron chi connectivity index (χ1n) is 9.06. The van der Waals surface area contributed by atoms with Gasteiger partial charge in [0.05, 0.1) is 0 Å². The van der Waals surface area contributed by atoms with Crippen molar-refractivity contribution in [1.29, 1.82) is 0 Å². The van der Waals surface area contributed by atoms with Crippen LogP contribution in [0.1, 0.15) is 16.7 Å². The molecule has 5 heteroatoms. The predicted octanol–water partition coefficient (Wildman–Crippen LogP) is 3.81. The molecule has 3 aromatic carbocycles. The van der Waals surface area contributed by atoms with E-state index in [0.717, 1.165) is 22.4 Å². The van der Waals surface area contributed by atoms with Crippen LogP contribution < -0.4 is 10.6 Å². The summed E-state index contributed by atoms with van der Waals surface area (Å²) in [6, 6.07) is 26.9. The van der Waals surface area contributed by atoms with Gasteiger partial charge < -0.3 is 9.47 Å². The lowest BCUT2D eigenvalue weighted by Gasteiger charge is -2.14. The molecule has 0 fully saturated rings. The Labute approximate surface area is 164 Å². The van der Waals surface area contributed by atoms with E-state index in [1.54, 1.807) is 0 Å². The highest BCUT2D eigenvalue weighted by Crippen LogP contribution is 2.16. The highest BCUT2D eigenvalue weighted by atomic mass is 16.6. The van der Waals surface area contributed by atoms with Gasteiger partial charge in [-0.05, 0) is 28.8 Å². The third kappa shape index (κ3) is 5.94. The van der Waals surface area contributed by atoms with Crippen LogP contribution in [-0.2, 0) is 34.0 Å². The van der Waals surface area contributed by atoms with Crippen LogP contribution in [0.25, 0.3) is 0 Å². The van der Waals surface area contributed by atoms with Crippen molar-refractivity contribution in [3.05, 3.63) is 102 Å². The second kappa shape index (κ2) is 10.3. The van der Waals surface area contributed by atoms with Crippen LogP contribution in [0.15, 0.2) is 84.9 Å². The van der Waals surface area contributed by atoms with Crippen LogP contribution >= 0.6 is 0 Å². The molecule has 0 aliphatic rings. The number of benzene rings is 3. The van der Waals surface area contributed by atoms with E-state index >= 15 is 0 Å². The molecule has 3 rings (SSSR count). The zero-order valence-corrected chi connectivity index (χ0v) is 15.5. The third-order valence-corrected chi connectivity index (χ3v) is 4.24. The van der Waals surface area contributed by atoms with Crippen LogP contribution in [-0.4, -0.2) is 12.1 Å². The van der Waals surface area contributed by atoms with Gasteiger partial charge in [-0.15, -0.1) is 0 Å². The minimum atomic E-state index is -0.861. The summed E-state index contributed by atoms with van der Waals surface area (Å²) in [5, 5.41) is 0. The molecule has 0 aromatic heterocycles. The van der Waals surface area contributed by atoms with Gasteiger partial charge in [0.15, 0.2) is 6.10 Å². The number of nitrogens with two attached hydrogens (primary N) is 1. The van der Waals surface area contributed by atoms with Gasteiger partial charge >= 0.3 is 5.97 Å². The van der Waals surface area contributed by atoms with Crippen LogP contribution in [0.4, 0.5) is 0 Å². The lowest BCUT2D eigenvalue weighted by Crippen LogP contribution is -2.31. The average Bonchev–Trinajstić information content (AvgIpc) is 2.76. The maximum atomic E-state index is 12.2. The molecule has 0 aliphatic carbocycles. The quantitative estimate of drug-likeness (QED) is 0.454. The minimum absolute atomic E-state index is 0.186. The largest absolute Gasteiger partial charge is 0.489 e. The molecule has 0 radical (unpaired) electrons. The van der Waals surface area contributed by atoms with E-state index < -0.39 is 12.1 Å².